The van der Waals surface area contributed by atoms with Crippen LogP contribution in [0, 0.1) is 6.92 Å². The third-order valence-corrected chi connectivity index (χ3v) is 4.48. The number of aromatic nitrogens is 1. The van der Waals surface area contributed by atoms with Crippen LogP contribution in [0.3, 0.4) is 0 Å². The van der Waals surface area contributed by atoms with Crippen LogP contribution in [-0.4, -0.2) is 10.9 Å². The van der Waals surface area contributed by atoms with Crippen LogP contribution >= 0.6 is 38.9 Å². The molecule has 6 heteroatoms. The Morgan fingerprint density at radius 3 is 3.00 bits per heavy atom. The standard InChI is InChI=1S/C12H10BrClN2OS/c1-7-3-2-4-9(10(7)13)11(17)16-12-15-8(5-14)6-18-12/h2-4,6H,5H2,1H3,(H,15,16,17). The molecule has 0 bridgehead atoms. The number of nitrogens with one attached hydrogen (secondary N) is 1. The average molecular weight is 346 g/mol. The molecule has 0 aliphatic heterocycles. The Morgan fingerprint density at radius 1 is 1.56 bits per heavy atom. The summed E-state index contributed by atoms with van der Waals surface area (Å²) in [5, 5.41) is 5.15. The summed E-state index contributed by atoms with van der Waals surface area (Å²) in [4.78, 5) is 16.3. The molecule has 2 aromatic rings. The Kier molecular flexibility index (Phi) is 4.37. The number of benzene rings is 1. The molecule has 3 nitrogen and oxygen atoms in total. The minimum Gasteiger partial charge on any atom is -0.298 e. The predicted molar refractivity (Wildman–Crippen MR) is 78.5 cm³/mol. The van der Waals surface area contributed by atoms with Crippen LogP contribution in [-0.2, 0) is 5.88 Å². The molecular weight excluding hydrogens is 336 g/mol. The van der Waals surface area contributed by atoms with Crippen molar-refractivity contribution in [3.05, 3.63) is 44.9 Å². The summed E-state index contributed by atoms with van der Waals surface area (Å²) in [7, 11) is 0. The normalized spacial score (nSPS) is 10.4. The molecule has 1 aromatic carbocycles. The van der Waals surface area contributed by atoms with E-state index in [-0.39, 0.29) is 5.91 Å². The highest BCUT2D eigenvalue weighted by atomic mass is 79.9. The third-order valence-electron chi connectivity index (χ3n) is 2.35. The van der Waals surface area contributed by atoms with E-state index < -0.39 is 0 Å². The maximum atomic E-state index is 12.1. The van der Waals surface area contributed by atoms with Crippen molar-refractivity contribution in [3.63, 3.8) is 0 Å². The first-order valence-electron chi connectivity index (χ1n) is 5.18. The monoisotopic (exact) mass is 344 g/mol. The largest absolute Gasteiger partial charge is 0.298 e. The summed E-state index contributed by atoms with van der Waals surface area (Å²) in [6, 6.07) is 5.55. The van der Waals surface area contributed by atoms with E-state index in [0.29, 0.717) is 16.6 Å². The smallest absolute Gasteiger partial charge is 0.258 e. The Bertz CT molecular complexity index is 585. The Balaban J connectivity index is 2.19. The van der Waals surface area contributed by atoms with Gasteiger partial charge in [-0.3, -0.25) is 10.1 Å². The lowest BCUT2D eigenvalue weighted by molar-refractivity contribution is 0.102. The van der Waals surface area contributed by atoms with Crippen LogP contribution in [0.25, 0.3) is 0 Å². The number of rotatable bonds is 3. The molecule has 1 heterocycles. The maximum Gasteiger partial charge on any atom is 0.258 e. The van der Waals surface area contributed by atoms with Crippen molar-refractivity contribution in [1.29, 1.82) is 0 Å². The van der Waals surface area contributed by atoms with Crippen molar-refractivity contribution in [2.45, 2.75) is 12.8 Å². The van der Waals surface area contributed by atoms with Gasteiger partial charge in [0.25, 0.3) is 5.91 Å². The molecular formula is C12H10BrClN2OS. The van der Waals surface area contributed by atoms with E-state index in [1.165, 1.54) is 11.3 Å². The molecule has 1 aromatic heterocycles. The van der Waals surface area contributed by atoms with Gasteiger partial charge in [0.15, 0.2) is 5.13 Å². The van der Waals surface area contributed by atoms with Crippen molar-refractivity contribution in [2.75, 3.05) is 5.32 Å². The summed E-state index contributed by atoms with van der Waals surface area (Å²) >= 11 is 10.4. The SMILES string of the molecule is Cc1cccc(C(=O)Nc2nc(CCl)cs2)c1Br. The van der Waals surface area contributed by atoms with Gasteiger partial charge in [-0.1, -0.05) is 12.1 Å². The number of alkyl halides is 1. The van der Waals surface area contributed by atoms with Crippen LogP contribution in [0.15, 0.2) is 28.1 Å². The van der Waals surface area contributed by atoms with Crippen molar-refractivity contribution in [2.24, 2.45) is 0 Å². The van der Waals surface area contributed by atoms with Gasteiger partial charge in [-0.25, -0.2) is 4.98 Å². The first-order valence-corrected chi connectivity index (χ1v) is 7.39. The fourth-order valence-corrected chi connectivity index (χ4v) is 2.79. The first kappa shape index (κ1) is 13.5. The Morgan fingerprint density at radius 2 is 2.33 bits per heavy atom. The summed E-state index contributed by atoms with van der Waals surface area (Å²) in [6.07, 6.45) is 0. The minimum absolute atomic E-state index is 0.180. The van der Waals surface area contributed by atoms with Gasteiger partial charge in [0.2, 0.25) is 0 Å². The molecule has 2 rings (SSSR count). The van der Waals surface area contributed by atoms with Gasteiger partial charge < -0.3 is 0 Å². The van der Waals surface area contributed by atoms with Gasteiger partial charge in [0.1, 0.15) is 0 Å². The van der Waals surface area contributed by atoms with Gasteiger partial charge >= 0.3 is 0 Å². The second-order valence-electron chi connectivity index (χ2n) is 3.67. The number of amides is 1. The molecule has 94 valence electrons. The molecule has 0 atom stereocenters. The molecule has 0 unspecified atom stereocenters. The number of hydrogen-bond acceptors (Lipinski definition) is 3. The van der Waals surface area contributed by atoms with Crippen molar-refractivity contribution < 1.29 is 4.79 Å². The Hall–Kier alpha value is -0.910. The number of halogens is 2. The van der Waals surface area contributed by atoms with Crippen LogP contribution in [0.2, 0.25) is 0 Å². The summed E-state index contributed by atoms with van der Waals surface area (Å²) in [5.74, 6) is 0.168. The fourth-order valence-electron chi connectivity index (χ4n) is 1.41. The van der Waals surface area contributed by atoms with Crippen LogP contribution in [0.5, 0.6) is 0 Å². The average Bonchev–Trinajstić information content (AvgIpc) is 2.80. The second-order valence-corrected chi connectivity index (χ2v) is 5.59. The van der Waals surface area contributed by atoms with Crippen molar-refractivity contribution >= 4 is 49.9 Å². The molecule has 0 saturated heterocycles. The third kappa shape index (κ3) is 2.91. The van der Waals surface area contributed by atoms with E-state index in [9.17, 15) is 4.79 Å². The number of nitrogens with zero attached hydrogens (tertiary/aromatic N) is 1. The molecule has 0 radical (unpaired) electrons. The van der Waals surface area contributed by atoms with Crippen LogP contribution in [0.4, 0.5) is 5.13 Å². The lowest BCUT2D eigenvalue weighted by Crippen LogP contribution is -2.12. The van der Waals surface area contributed by atoms with Crippen LogP contribution in [0.1, 0.15) is 21.6 Å². The zero-order chi connectivity index (χ0) is 13.1. The van der Waals surface area contributed by atoms with E-state index in [4.69, 9.17) is 11.6 Å². The second kappa shape index (κ2) is 5.82. The summed E-state index contributed by atoms with van der Waals surface area (Å²) < 4.78 is 0.802. The molecule has 0 spiro atoms. The molecule has 0 saturated carbocycles. The number of hydrogen-bond donors (Lipinski definition) is 1. The number of carbonyl (C=O) groups is 1. The minimum atomic E-state index is -0.180. The van der Waals surface area contributed by atoms with E-state index in [2.05, 4.69) is 26.2 Å². The molecule has 1 amide bonds. The number of aryl methyl sites for hydroxylation is 1. The Labute approximate surface area is 122 Å². The van der Waals surface area contributed by atoms with E-state index >= 15 is 0 Å². The number of anilines is 1. The summed E-state index contributed by atoms with van der Waals surface area (Å²) in [6.45, 7) is 1.94. The predicted octanol–water partition coefficient (Wildman–Crippen LogP) is 4.21. The van der Waals surface area contributed by atoms with Crippen LogP contribution < -0.4 is 5.32 Å². The van der Waals surface area contributed by atoms with Crippen molar-refractivity contribution in [3.8, 4) is 0 Å². The first-order chi connectivity index (χ1) is 8.61. The highest BCUT2D eigenvalue weighted by Gasteiger charge is 2.13. The van der Waals surface area contributed by atoms with E-state index in [1.54, 1.807) is 6.07 Å². The van der Waals surface area contributed by atoms with Crippen molar-refractivity contribution in [1.82, 2.24) is 4.98 Å². The van der Waals surface area contributed by atoms with E-state index in [1.807, 2.05) is 24.4 Å². The zero-order valence-electron chi connectivity index (χ0n) is 9.54. The number of thiazole rings is 1. The lowest BCUT2D eigenvalue weighted by Gasteiger charge is -2.06. The molecule has 1 N–H and O–H groups in total. The zero-order valence-corrected chi connectivity index (χ0v) is 12.7. The molecule has 0 aliphatic rings. The maximum absolute atomic E-state index is 12.1. The lowest BCUT2D eigenvalue weighted by atomic mass is 10.1. The highest BCUT2D eigenvalue weighted by Crippen LogP contribution is 2.23. The van der Waals surface area contributed by atoms with Gasteiger partial charge in [0.05, 0.1) is 17.1 Å². The molecule has 18 heavy (non-hydrogen) atoms. The molecule has 0 fully saturated rings. The van der Waals surface area contributed by atoms with Gasteiger partial charge in [-0.05, 0) is 34.5 Å². The molecule has 0 aliphatic carbocycles. The quantitative estimate of drug-likeness (QED) is 0.847. The van der Waals surface area contributed by atoms with Gasteiger partial charge in [-0.2, -0.15) is 0 Å². The van der Waals surface area contributed by atoms with E-state index in [0.717, 1.165) is 15.7 Å². The topological polar surface area (TPSA) is 42.0 Å². The highest BCUT2D eigenvalue weighted by molar-refractivity contribution is 9.10. The number of carbonyl (C=O) groups excluding carboxylic acids is 1. The summed E-state index contributed by atoms with van der Waals surface area (Å²) in [5.41, 5.74) is 2.38. The van der Waals surface area contributed by atoms with Gasteiger partial charge in [0, 0.05) is 9.85 Å². The van der Waals surface area contributed by atoms with Gasteiger partial charge in [-0.15, -0.1) is 22.9 Å². The fraction of sp³-hybridized carbons (Fsp3) is 0.167.